The molecule has 0 fully saturated rings. The number of ether oxygens (including phenoxy) is 3. The first-order chi connectivity index (χ1) is 11.5. The number of rotatable bonds is 4. The van der Waals surface area contributed by atoms with Crippen molar-refractivity contribution in [1.82, 2.24) is 9.55 Å². The summed E-state index contributed by atoms with van der Waals surface area (Å²) in [5.74, 6) is 1.26. The van der Waals surface area contributed by atoms with E-state index in [9.17, 15) is 4.79 Å². The van der Waals surface area contributed by atoms with E-state index in [1.165, 1.54) is 6.20 Å². The van der Waals surface area contributed by atoms with Crippen LogP contribution in [0.4, 0.5) is 0 Å². The Morgan fingerprint density at radius 3 is 2.88 bits per heavy atom. The van der Waals surface area contributed by atoms with Crippen LogP contribution in [0.2, 0.25) is 10.2 Å². The van der Waals surface area contributed by atoms with E-state index < -0.39 is 0 Å². The third kappa shape index (κ3) is 3.76. The predicted octanol–water partition coefficient (Wildman–Crippen LogP) is 3.17. The summed E-state index contributed by atoms with van der Waals surface area (Å²) in [6, 6.07) is 3.44. The second-order valence-electron chi connectivity index (χ2n) is 5.35. The Morgan fingerprint density at radius 2 is 2.12 bits per heavy atom. The van der Waals surface area contributed by atoms with Crippen LogP contribution in [0.25, 0.3) is 0 Å². The standard InChI is InChI=1S/C16H16Cl2N2O4/c1-20-13(18)8-19-14(20)9-24-15(21)7-10-5-11(17)16-12(6-10)22-3-2-4-23-16/h5-6,8H,2-4,7,9H2,1H3. The number of fused-ring (bicyclic) bond motifs is 1. The summed E-state index contributed by atoms with van der Waals surface area (Å²) in [5.41, 5.74) is 0.701. The van der Waals surface area contributed by atoms with Crippen LogP contribution in [-0.4, -0.2) is 28.7 Å². The number of hydrogen-bond acceptors (Lipinski definition) is 5. The van der Waals surface area contributed by atoms with Gasteiger partial charge in [-0.05, 0) is 17.7 Å². The van der Waals surface area contributed by atoms with Crippen molar-refractivity contribution in [2.75, 3.05) is 13.2 Å². The van der Waals surface area contributed by atoms with E-state index in [1.54, 1.807) is 23.7 Å². The molecule has 0 amide bonds. The molecule has 0 bridgehead atoms. The van der Waals surface area contributed by atoms with Crippen molar-refractivity contribution in [2.24, 2.45) is 7.05 Å². The lowest BCUT2D eigenvalue weighted by atomic mass is 10.1. The van der Waals surface area contributed by atoms with E-state index in [1.807, 2.05) is 0 Å². The molecule has 0 aliphatic carbocycles. The van der Waals surface area contributed by atoms with E-state index >= 15 is 0 Å². The zero-order chi connectivity index (χ0) is 17.1. The minimum Gasteiger partial charge on any atom is -0.489 e. The first kappa shape index (κ1) is 16.9. The molecule has 3 rings (SSSR count). The van der Waals surface area contributed by atoms with Crippen LogP contribution in [0, 0.1) is 0 Å². The Kier molecular flexibility index (Phi) is 5.16. The van der Waals surface area contributed by atoms with Gasteiger partial charge < -0.3 is 18.8 Å². The molecule has 2 aromatic rings. The van der Waals surface area contributed by atoms with Gasteiger partial charge >= 0.3 is 5.97 Å². The van der Waals surface area contributed by atoms with Gasteiger partial charge in [-0.25, -0.2) is 4.98 Å². The number of carbonyl (C=O) groups is 1. The second-order valence-corrected chi connectivity index (χ2v) is 6.14. The van der Waals surface area contributed by atoms with Crippen LogP contribution < -0.4 is 9.47 Å². The lowest BCUT2D eigenvalue weighted by Gasteiger charge is -2.11. The van der Waals surface area contributed by atoms with E-state index in [-0.39, 0.29) is 19.0 Å². The highest BCUT2D eigenvalue weighted by atomic mass is 35.5. The molecule has 2 heterocycles. The number of halogens is 2. The minimum atomic E-state index is -0.389. The molecule has 0 radical (unpaired) electrons. The molecule has 0 atom stereocenters. The molecule has 8 heteroatoms. The molecule has 0 spiro atoms. The van der Waals surface area contributed by atoms with Gasteiger partial charge in [0.1, 0.15) is 17.6 Å². The molecule has 1 aromatic carbocycles. The van der Waals surface area contributed by atoms with Crippen LogP contribution in [0.1, 0.15) is 17.8 Å². The lowest BCUT2D eigenvalue weighted by molar-refractivity contribution is -0.144. The van der Waals surface area contributed by atoms with Crippen molar-refractivity contribution in [3.63, 3.8) is 0 Å². The molecular weight excluding hydrogens is 355 g/mol. The van der Waals surface area contributed by atoms with Gasteiger partial charge in [0, 0.05) is 13.5 Å². The number of imidazole rings is 1. The third-order valence-electron chi connectivity index (χ3n) is 3.60. The molecule has 6 nitrogen and oxygen atoms in total. The van der Waals surface area contributed by atoms with Gasteiger partial charge in [0.2, 0.25) is 0 Å². The summed E-state index contributed by atoms with van der Waals surface area (Å²) < 4.78 is 18.1. The highest BCUT2D eigenvalue weighted by molar-refractivity contribution is 6.32. The van der Waals surface area contributed by atoms with E-state index in [0.29, 0.717) is 46.3 Å². The Balaban J connectivity index is 1.65. The van der Waals surface area contributed by atoms with Gasteiger partial charge in [0.05, 0.1) is 30.9 Å². The molecule has 0 unspecified atom stereocenters. The van der Waals surface area contributed by atoms with E-state index in [4.69, 9.17) is 37.4 Å². The molecule has 24 heavy (non-hydrogen) atoms. The fraction of sp³-hybridized carbons (Fsp3) is 0.375. The quantitative estimate of drug-likeness (QED) is 0.773. The van der Waals surface area contributed by atoms with Crippen molar-refractivity contribution in [1.29, 1.82) is 0 Å². The summed E-state index contributed by atoms with van der Waals surface area (Å²) in [5, 5.41) is 0.906. The van der Waals surface area contributed by atoms with E-state index in [2.05, 4.69) is 4.98 Å². The van der Waals surface area contributed by atoms with Crippen molar-refractivity contribution in [3.05, 3.63) is 39.9 Å². The summed E-state index contributed by atoms with van der Waals surface area (Å²) in [6.07, 6.45) is 2.37. The van der Waals surface area contributed by atoms with Crippen LogP contribution in [0.15, 0.2) is 18.3 Å². The van der Waals surface area contributed by atoms with Crippen molar-refractivity contribution >= 4 is 29.2 Å². The first-order valence-electron chi connectivity index (χ1n) is 7.44. The van der Waals surface area contributed by atoms with Crippen molar-refractivity contribution in [3.8, 4) is 11.5 Å². The summed E-state index contributed by atoms with van der Waals surface area (Å²) in [4.78, 5) is 16.1. The van der Waals surface area contributed by atoms with Crippen LogP contribution >= 0.6 is 23.2 Å². The minimum absolute atomic E-state index is 0.0559. The molecule has 1 aliphatic rings. The molecule has 0 saturated carbocycles. The van der Waals surface area contributed by atoms with Gasteiger partial charge in [0.25, 0.3) is 0 Å². The first-order valence-corrected chi connectivity index (χ1v) is 8.20. The average Bonchev–Trinajstić information content (AvgIpc) is 2.75. The van der Waals surface area contributed by atoms with Crippen LogP contribution in [0.5, 0.6) is 11.5 Å². The summed E-state index contributed by atoms with van der Waals surface area (Å²) in [6.45, 7) is 1.16. The number of benzene rings is 1. The number of esters is 1. The Morgan fingerprint density at radius 1 is 1.33 bits per heavy atom. The highest BCUT2D eigenvalue weighted by Crippen LogP contribution is 2.38. The highest BCUT2D eigenvalue weighted by Gasteiger charge is 2.17. The lowest BCUT2D eigenvalue weighted by Crippen LogP contribution is -2.10. The third-order valence-corrected chi connectivity index (χ3v) is 4.23. The molecule has 1 aromatic heterocycles. The second kappa shape index (κ2) is 7.32. The molecule has 0 N–H and O–H groups in total. The zero-order valence-corrected chi connectivity index (χ0v) is 14.6. The van der Waals surface area contributed by atoms with Crippen molar-refractivity contribution < 1.29 is 19.0 Å². The number of aromatic nitrogens is 2. The van der Waals surface area contributed by atoms with Gasteiger partial charge in [-0.1, -0.05) is 23.2 Å². The number of hydrogen-bond donors (Lipinski definition) is 0. The Hall–Kier alpha value is -1.92. The Labute approximate surface area is 149 Å². The SMILES string of the molecule is Cn1c(Cl)cnc1COC(=O)Cc1cc(Cl)c2c(c1)OCCCO2. The summed E-state index contributed by atoms with van der Waals surface area (Å²) >= 11 is 12.1. The number of carbonyl (C=O) groups excluding carboxylic acids is 1. The fourth-order valence-corrected chi connectivity index (χ4v) is 2.74. The topological polar surface area (TPSA) is 62.6 Å². The smallest absolute Gasteiger partial charge is 0.310 e. The normalized spacial score (nSPS) is 13.5. The predicted molar refractivity (Wildman–Crippen MR) is 88.8 cm³/mol. The molecular formula is C16H16Cl2N2O4. The summed E-state index contributed by atoms with van der Waals surface area (Å²) in [7, 11) is 1.75. The van der Waals surface area contributed by atoms with E-state index in [0.717, 1.165) is 6.42 Å². The van der Waals surface area contributed by atoms with Crippen LogP contribution in [-0.2, 0) is 29.6 Å². The largest absolute Gasteiger partial charge is 0.489 e. The molecule has 128 valence electrons. The van der Waals surface area contributed by atoms with Gasteiger partial charge in [-0.15, -0.1) is 0 Å². The average molecular weight is 371 g/mol. The van der Waals surface area contributed by atoms with Gasteiger partial charge in [-0.3, -0.25) is 4.79 Å². The maximum Gasteiger partial charge on any atom is 0.310 e. The van der Waals surface area contributed by atoms with Crippen LogP contribution in [0.3, 0.4) is 0 Å². The van der Waals surface area contributed by atoms with Crippen molar-refractivity contribution in [2.45, 2.75) is 19.4 Å². The maximum atomic E-state index is 12.0. The monoisotopic (exact) mass is 370 g/mol. The maximum absolute atomic E-state index is 12.0. The molecule has 1 aliphatic heterocycles. The molecule has 0 saturated heterocycles. The van der Waals surface area contributed by atoms with Gasteiger partial charge in [-0.2, -0.15) is 0 Å². The number of nitrogens with zero attached hydrogens (tertiary/aromatic N) is 2. The zero-order valence-electron chi connectivity index (χ0n) is 13.1. The Bertz CT molecular complexity index is 761. The fourth-order valence-electron chi connectivity index (χ4n) is 2.31. The van der Waals surface area contributed by atoms with Gasteiger partial charge in [0.15, 0.2) is 11.5 Å².